The molecule has 1 unspecified atom stereocenters. The molecule has 94 valence electrons. The van der Waals surface area contributed by atoms with E-state index in [-0.39, 0.29) is 5.95 Å². The van der Waals surface area contributed by atoms with Crippen molar-refractivity contribution in [2.24, 2.45) is 0 Å². The molecule has 2 heterocycles. The second kappa shape index (κ2) is 5.51. The third-order valence-corrected chi connectivity index (χ3v) is 3.35. The number of nitrogens with zero attached hydrogens (tertiary/aromatic N) is 3. The van der Waals surface area contributed by atoms with Crippen molar-refractivity contribution >= 4 is 17.5 Å². The summed E-state index contributed by atoms with van der Waals surface area (Å²) in [6.45, 7) is 1.77. The maximum atomic E-state index is 5.90. The van der Waals surface area contributed by atoms with Gasteiger partial charge in [-0.25, -0.2) is 4.98 Å². The molecule has 0 aromatic carbocycles. The van der Waals surface area contributed by atoms with Crippen LogP contribution in [-0.2, 0) is 0 Å². The Morgan fingerprint density at radius 2 is 2.47 bits per heavy atom. The molecule has 0 amide bonds. The number of hydrogen-bond acceptors (Lipinski definition) is 5. The van der Waals surface area contributed by atoms with Crippen LogP contribution in [0.4, 0.5) is 5.95 Å². The minimum absolute atomic E-state index is 0.183. The average molecular weight is 257 g/mol. The van der Waals surface area contributed by atoms with Gasteiger partial charge >= 0.3 is 0 Å². The summed E-state index contributed by atoms with van der Waals surface area (Å²) in [7, 11) is 2.15. The predicted molar refractivity (Wildman–Crippen MR) is 67.2 cm³/mol. The first-order valence-electron chi connectivity index (χ1n) is 5.78. The molecular weight excluding hydrogens is 240 g/mol. The fourth-order valence-electron chi connectivity index (χ4n) is 2.10. The number of nitrogen functional groups attached to an aromatic ring is 1. The molecule has 2 N–H and O–H groups in total. The standard InChI is InChI=1S/C11H17ClN4O/c1-16-5-2-3-8(16)4-6-17-10-9(12)7-14-11(13)15-10/h7-8H,2-6H2,1H3,(H2,13,14,15). The van der Waals surface area contributed by atoms with Crippen molar-refractivity contribution in [3.63, 3.8) is 0 Å². The van der Waals surface area contributed by atoms with Gasteiger partial charge in [0.25, 0.3) is 0 Å². The van der Waals surface area contributed by atoms with Crippen LogP contribution in [0.15, 0.2) is 6.20 Å². The predicted octanol–water partition coefficient (Wildman–Crippen LogP) is 1.58. The highest BCUT2D eigenvalue weighted by molar-refractivity contribution is 6.31. The smallest absolute Gasteiger partial charge is 0.237 e. The highest BCUT2D eigenvalue weighted by Gasteiger charge is 2.20. The average Bonchev–Trinajstić information content (AvgIpc) is 2.70. The van der Waals surface area contributed by atoms with E-state index in [1.807, 2.05) is 0 Å². The van der Waals surface area contributed by atoms with Crippen LogP contribution in [-0.4, -0.2) is 41.1 Å². The Morgan fingerprint density at radius 3 is 3.18 bits per heavy atom. The van der Waals surface area contributed by atoms with Gasteiger partial charge in [0.2, 0.25) is 11.8 Å². The van der Waals surface area contributed by atoms with E-state index in [1.165, 1.54) is 25.6 Å². The first kappa shape index (κ1) is 12.4. The minimum atomic E-state index is 0.183. The van der Waals surface area contributed by atoms with Crippen LogP contribution in [0.25, 0.3) is 0 Å². The van der Waals surface area contributed by atoms with Crippen molar-refractivity contribution in [3.8, 4) is 5.88 Å². The second-order valence-corrected chi connectivity index (χ2v) is 4.70. The van der Waals surface area contributed by atoms with Crippen LogP contribution in [0.5, 0.6) is 5.88 Å². The number of aromatic nitrogens is 2. The lowest BCUT2D eigenvalue weighted by Gasteiger charge is -2.19. The van der Waals surface area contributed by atoms with Gasteiger partial charge in [0.05, 0.1) is 12.8 Å². The maximum Gasteiger partial charge on any atom is 0.237 e. The van der Waals surface area contributed by atoms with Crippen LogP contribution < -0.4 is 10.5 Å². The summed E-state index contributed by atoms with van der Waals surface area (Å²) in [5.41, 5.74) is 5.47. The van der Waals surface area contributed by atoms with E-state index in [9.17, 15) is 0 Å². The number of likely N-dealkylation sites (tertiary alicyclic amines) is 1. The molecule has 1 atom stereocenters. The SMILES string of the molecule is CN1CCCC1CCOc1nc(N)ncc1Cl. The molecule has 6 heteroatoms. The molecule has 0 aliphatic carbocycles. The minimum Gasteiger partial charge on any atom is -0.476 e. The molecule has 17 heavy (non-hydrogen) atoms. The van der Waals surface area contributed by atoms with Crippen LogP contribution in [0.1, 0.15) is 19.3 Å². The molecule has 1 aromatic heterocycles. The molecule has 1 aromatic rings. The molecule has 0 saturated carbocycles. The van der Waals surface area contributed by atoms with E-state index >= 15 is 0 Å². The van der Waals surface area contributed by atoms with Gasteiger partial charge < -0.3 is 15.4 Å². The molecule has 5 nitrogen and oxygen atoms in total. The third kappa shape index (κ3) is 3.20. The fraction of sp³-hybridized carbons (Fsp3) is 0.636. The van der Waals surface area contributed by atoms with Gasteiger partial charge in [-0.05, 0) is 32.9 Å². The summed E-state index contributed by atoms with van der Waals surface area (Å²) < 4.78 is 5.54. The van der Waals surface area contributed by atoms with Crippen molar-refractivity contribution in [2.75, 3.05) is 25.9 Å². The number of ether oxygens (including phenoxy) is 1. The maximum absolute atomic E-state index is 5.90. The molecule has 0 radical (unpaired) electrons. The number of rotatable bonds is 4. The lowest BCUT2D eigenvalue weighted by atomic mass is 10.1. The van der Waals surface area contributed by atoms with E-state index in [1.54, 1.807) is 0 Å². The first-order valence-corrected chi connectivity index (χ1v) is 6.15. The number of anilines is 1. The largest absolute Gasteiger partial charge is 0.476 e. The van der Waals surface area contributed by atoms with Gasteiger partial charge in [0, 0.05) is 6.04 Å². The van der Waals surface area contributed by atoms with Crippen molar-refractivity contribution in [1.29, 1.82) is 0 Å². The van der Waals surface area contributed by atoms with Gasteiger partial charge in [-0.3, -0.25) is 0 Å². The van der Waals surface area contributed by atoms with Crippen LogP contribution in [0, 0.1) is 0 Å². The van der Waals surface area contributed by atoms with E-state index in [0.29, 0.717) is 23.6 Å². The number of hydrogen-bond donors (Lipinski definition) is 1. The summed E-state index contributed by atoms with van der Waals surface area (Å²) in [6.07, 6.45) is 4.94. The molecule has 0 bridgehead atoms. The van der Waals surface area contributed by atoms with Crippen molar-refractivity contribution in [3.05, 3.63) is 11.2 Å². The Balaban J connectivity index is 1.83. The lowest BCUT2D eigenvalue weighted by Crippen LogP contribution is -2.26. The van der Waals surface area contributed by atoms with E-state index in [4.69, 9.17) is 22.1 Å². The summed E-state index contributed by atoms with van der Waals surface area (Å²) in [4.78, 5) is 10.1. The molecule has 1 fully saturated rings. The quantitative estimate of drug-likeness (QED) is 0.886. The Labute approximate surface area is 106 Å². The van der Waals surface area contributed by atoms with Crippen LogP contribution in [0.3, 0.4) is 0 Å². The van der Waals surface area contributed by atoms with Crippen molar-refractivity contribution < 1.29 is 4.74 Å². The van der Waals surface area contributed by atoms with E-state index < -0.39 is 0 Å². The molecule has 0 spiro atoms. The molecule has 1 saturated heterocycles. The molecule has 2 rings (SSSR count). The molecular formula is C11H17ClN4O. The third-order valence-electron chi connectivity index (χ3n) is 3.09. The Bertz CT molecular complexity index is 388. The summed E-state index contributed by atoms with van der Waals surface area (Å²) >= 11 is 5.90. The summed E-state index contributed by atoms with van der Waals surface area (Å²) in [6, 6.07) is 0.605. The van der Waals surface area contributed by atoms with Crippen LogP contribution in [0.2, 0.25) is 5.02 Å². The highest BCUT2D eigenvalue weighted by Crippen LogP contribution is 2.22. The Hall–Kier alpha value is -1.07. The second-order valence-electron chi connectivity index (χ2n) is 4.30. The zero-order valence-corrected chi connectivity index (χ0v) is 10.7. The van der Waals surface area contributed by atoms with Gasteiger partial charge in [-0.15, -0.1) is 0 Å². The monoisotopic (exact) mass is 256 g/mol. The normalized spacial score (nSPS) is 20.7. The van der Waals surface area contributed by atoms with Crippen LogP contribution >= 0.6 is 11.6 Å². The first-order chi connectivity index (χ1) is 8.16. The van der Waals surface area contributed by atoms with Gasteiger partial charge in [0.1, 0.15) is 5.02 Å². The number of nitrogens with two attached hydrogens (primary N) is 1. The lowest BCUT2D eigenvalue weighted by molar-refractivity contribution is 0.228. The molecule has 1 aliphatic rings. The van der Waals surface area contributed by atoms with E-state index in [0.717, 1.165) is 6.42 Å². The van der Waals surface area contributed by atoms with E-state index in [2.05, 4.69) is 21.9 Å². The fourth-order valence-corrected chi connectivity index (χ4v) is 2.25. The zero-order chi connectivity index (χ0) is 12.3. The van der Waals surface area contributed by atoms with Crippen molar-refractivity contribution in [2.45, 2.75) is 25.3 Å². The topological polar surface area (TPSA) is 64.3 Å². The zero-order valence-electron chi connectivity index (χ0n) is 9.90. The van der Waals surface area contributed by atoms with Gasteiger partial charge in [0.15, 0.2) is 0 Å². The van der Waals surface area contributed by atoms with Crippen molar-refractivity contribution in [1.82, 2.24) is 14.9 Å². The van der Waals surface area contributed by atoms with Gasteiger partial charge in [-0.1, -0.05) is 11.6 Å². The molecule has 1 aliphatic heterocycles. The summed E-state index contributed by atoms with van der Waals surface area (Å²) in [5, 5.41) is 0.402. The Kier molecular flexibility index (Phi) is 4.02. The highest BCUT2D eigenvalue weighted by atomic mass is 35.5. The number of halogens is 1. The van der Waals surface area contributed by atoms with Gasteiger partial charge in [-0.2, -0.15) is 4.98 Å². The summed E-state index contributed by atoms with van der Waals surface area (Å²) in [5.74, 6) is 0.558. The Morgan fingerprint density at radius 1 is 1.65 bits per heavy atom.